The van der Waals surface area contributed by atoms with Crippen LogP contribution in [0.2, 0.25) is 0 Å². The van der Waals surface area contributed by atoms with Crippen LogP contribution >= 0.6 is 0 Å². The maximum absolute atomic E-state index is 12.7. The van der Waals surface area contributed by atoms with Gasteiger partial charge in [0.15, 0.2) is 0 Å². The maximum atomic E-state index is 12.7. The molecule has 1 atom stereocenters. The molecule has 2 amide bonds. The number of nitrogens with one attached hydrogen (secondary N) is 2. The molecule has 0 aromatic heterocycles. The molecule has 0 radical (unpaired) electrons. The van der Waals surface area contributed by atoms with Crippen molar-refractivity contribution in [3.63, 3.8) is 0 Å². The third-order valence-electron chi connectivity index (χ3n) is 7.02. The molecular weight excluding hydrogens is 448 g/mol. The molecule has 4 N–H and O–H groups in total. The second kappa shape index (κ2) is 10.9. The van der Waals surface area contributed by atoms with Crippen LogP contribution in [-0.4, -0.2) is 53.0 Å². The number of carbonyl (C=O) groups is 3. The van der Waals surface area contributed by atoms with Gasteiger partial charge < -0.3 is 25.6 Å². The summed E-state index contributed by atoms with van der Waals surface area (Å²) in [6, 6.07) is 14.9. The lowest BCUT2D eigenvalue weighted by atomic mass is 9.98. The van der Waals surface area contributed by atoms with Crippen LogP contribution in [0.1, 0.15) is 62.0 Å². The molecule has 0 spiro atoms. The zero-order valence-corrected chi connectivity index (χ0v) is 19.7. The number of carboxylic acid groups (broad SMARTS) is 1. The van der Waals surface area contributed by atoms with Gasteiger partial charge in [-0.25, -0.2) is 4.79 Å². The first-order chi connectivity index (χ1) is 16.9. The largest absolute Gasteiger partial charge is 0.481 e. The number of fused-ring (bicyclic) bond motifs is 3. The van der Waals surface area contributed by atoms with Gasteiger partial charge in [-0.3, -0.25) is 9.59 Å². The zero-order chi connectivity index (χ0) is 24.8. The minimum Gasteiger partial charge on any atom is -0.481 e. The summed E-state index contributed by atoms with van der Waals surface area (Å²) in [5.41, 5.74) is 3.61. The number of benzene rings is 2. The number of aliphatic hydroxyl groups is 1. The van der Waals surface area contributed by atoms with Crippen LogP contribution in [0.15, 0.2) is 48.5 Å². The summed E-state index contributed by atoms with van der Waals surface area (Å²) in [4.78, 5) is 36.4. The summed E-state index contributed by atoms with van der Waals surface area (Å²) in [5.74, 6) is -1.66. The number of hydrogen-bond donors (Lipinski definition) is 4. The first-order valence-corrected chi connectivity index (χ1v) is 12.2. The molecule has 4 rings (SSSR count). The van der Waals surface area contributed by atoms with E-state index in [1.54, 1.807) is 0 Å². The van der Waals surface area contributed by atoms with Crippen LogP contribution in [-0.2, 0) is 14.3 Å². The summed E-state index contributed by atoms with van der Waals surface area (Å²) in [7, 11) is 0. The number of hydrogen-bond acceptors (Lipinski definition) is 5. The molecule has 1 saturated carbocycles. The van der Waals surface area contributed by atoms with Crippen molar-refractivity contribution in [1.82, 2.24) is 10.6 Å². The van der Waals surface area contributed by atoms with Gasteiger partial charge in [-0.2, -0.15) is 0 Å². The fraction of sp³-hybridized carbons (Fsp3) is 0.444. The van der Waals surface area contributed by atoms with Gasteiger partial charge in [0.2, 0.25) is 5.91 Å². The lowest BCUT2D eigenvalue weighted by molar-refractivity contribution is -0.137. The Morgan fingerprint density at radius 2 is 1.60 bits per heavy atom. The summed E-state index contributed by atoms with van der Waals surface area (Å²) in [5, 5.41) is 24.8. The minimum atomic E-state index is -1.06. The van der Waals surface area contributed by atoms with Crippen molar-refractivity contribution >= 4 is 18.0 Å². The number of amides is 2. The second-order valence-corrected chi connectivity index (χ2v) is 9.43. The smallest absolute Gasteiger partial charge is 0.407 e. The fourth-order valence-corrected chi connectivity index (χ4v) is 5.14. The third kappa shape index (κ3) is 6.00. The number of aliphatic carboxylic acids is 1. The molecule has 2 aliphatic rings. The Hall–Kier alpha value is -3.39. The van der Waals surface area contributed by atoms with Crippen LogP contribution in [0.25, 0.3) is 11.1 Å². The third-order valence-corrected chi connectivity index (χ3v) is 7.02. The quantitative estimate of drug-likeness (QED) is 0.412. The van der Waals surface area contributed by atoms with Gasteiger partial charge in [-0.1, -0.05) is 61.4 Å². The minimum absolute atomic E-state index is 0.0599. The standard InChI is InChI=1S/C27H32N2O6/c30-24(31)12-11-23(25(32)28-16-15-27(34)13-5-6-14-27)29-26(33)35-17-22-20-9-3-1-7-18(20)19-8-2-4-10-21(19)22/h1-4,7-10,22-23,34H,5-6,11-17H2,(H,28,32)(H,29,33)(H,30,31). The molecule has 0 bridgehead atoms. The fourth-order valence-electron chi connectivity index (χ4n) is 5.14. The van der Waals surface area contributed by atoms with Crippen LogP contribution in [0, 0.1) is 0 Å². The zero-order valence-electron chi connectivity index (χ0n) is 19.7. The Morgan fingerprint density at radius 1 is 1.00 bits per heavy atom. The molecule has 0 heterocycles. The molecule has 8 nitrogen and oxygen atoms in total. The van der Waals surface area contributed by atoms with Crippen molar-refractivity contribution in [3.05, 3.63) is 59.7 Å². The topological polar surface area (TPSA) is 125 Å². The van der Waals surface area contributed by atoms with Gasteiger partial charge in [0.1, 0.15) is 12.6 Å². The lowest BCUT2D eigenvalue weighted by Gasteiger charge is -2.23. The second-order valence-electron chi connectivity index (χ2n) is 9.43. The monoisotopic (exact) mass is 480 g/mol. The molecule has 2 aromatic rings. The molecule has 186 valence electrons. The van der Waals surface area contributed by atoms with E-state index in [1.807, 2.05) is 48.5 Å². The molecular formula is C27H32N2O6. The number of rotatable bonds is 10. The Labute approximate surface area is 204 Å². The van der Waals surface area contributed by atoms with E-state index in [9.17, 15) is 19.5 Å². The van der Waals surface area contributed by atoms with E-state index in [-0.39, 0.29) is 31.9 Å². The Bertz CT molecular complexity index is 1030. The van der Waals surface area contributed by atoms with Crippen LogP contribution in [0.4, 0.5) is 4.79 Å². The predicted octanol–water partition coefficient (Wildman–Crippen LogP) is 3.57. The lowest BCUT2D eigenvalue weighted by Crippen LogP contribution is -2.48. The Balaban J connectivity index is 1.34. The van der Waals surface area contributed by atoms with E-state index < -0.39 is 29.6 Å². The van der Waals surface area contributed by atoms with Gasteiger partial charge in [-0.15, -0.1) is 0 Å². The summed E-state index contributed by atoms with van der Waals surface area (Å²) in [6.07, 6.45) is 2.68. The van der Waals surface area contributed by atoms with Crippen molar-refractivity contribution in [2.75, 3.05) is 13.2 Å². The Kier molecular flexibility index (Phi) is 7.70. The van der Waals surface area contributed by atoms with E-state index in [0.29, 0.717) is 19.3 Å². The highest BCUT2D eigenvalue weighted by molar-refractivity contribution is 5.86. The summed E-state index contributed by atoms with van der Waals surface area (Å²) < 4.78 is 5.51. The molecule has 2 aromatic carbocycles. The number of carbonyl (C=O) groups excluding carboxylic acids is 2. The van der Waals surface area contributed by atoms with Crippen molar-refractivity contribution in [1.29, 1.82) is 0 Å². The number of carboxylic acids is 1. The summed E-state index contributed by atoms with van der Waals surface area (Å²) >= 11 is 0. The SMILES string of the molecule is O=C(O)CCC(NC(=O)OCC1c2ccccc2-c2ccccc21)C(=O)NCCC1(O)CCCC1. The Morgan fingerprint density at radius 3 is 2.20 bits per heavy atom. The average molecular weight is 481 g/mol. The predicted molar refractivity (Wildman–Crippen MR) is 130 cm³/mol. The van der Waals surface area contributed by atoms with E-state index in [2.05, 4.69) is 10.6 Å². The molecule has 1 unspecified atom stereocenters. The van der Waals surface area contributed by atoms with Crippen LogP contribution in [0.5, 0.6) is 0 Å². The van der Waals surface area contributed by atoms with Crippen molar-refractivity contribution in [2.24, 2.45) is 0 Å². The van der Waals surface area contributed by atoms with E-state index in [1.165, 1.54) is 0 Å². The number of alkyl carbamates (subject to hydrolysis) is 1. The van der Waals surface area contributed by atoms with Crippen molar-refractivity contribution in [3.8, 4) is 11.1 Å². The molecule has 1 fully saturated rings. The summed E-state index contributed by atoms with van der Waals surface area (Å²) in [6.45, 7) is 0.353. The van der Waals surface area contributed by atoms with Gasteiger partial charge in [0, 0.05) is 18.9 Å². The van der Waals surface area contributed by atoms with Crippen molar-refractivity contribution in [2.45, 2.75) is 62.5 Å². The van der Waals surface area contributed by atoms with Gasteiger partial charge in [0.25, 0.3) is 0 Å². The van der Waals surface area contributed by atoms with E-state index in [4.69, 9.17) is 9.84 Å². The number of ether oxygens (including phenoxy) is 1. The first-order valence-electron chi connectivity index (χ1n) is 12.2. The highest BCUT2D eigenvalue weighted by Crippen LogP contribution is 2.44. The molecule has 8 heteroatoms. The molecule has 35 heavy (non-hydrogen) atoms. The molecule has 2 aliphatic carbocycles. The van der Waals surface area contributed by atoms with Crippen LogP contribution < -0.4 is 10.6 Å². The van der Waals surface area contributed by atoms with Crippen LogP contribution in [0.3, 0.4) is 0 Å². The van der Waals surface area contributed by atoms with Gasteiger partial charge in [-0.05, 0) is 47.9 Å². The van der Waals surface area contributed by atoms with Crippen molar-refractivity contribution < 1.29 is 29.3 Å². The normalized spacial score (nSPS) is 16.7. The average Bonchev–Trinajstić information content (AvgIpc) is 3.41. The highest BCUT2D eigenvalue weighted by atomic mass is 16.5. The molecule has 0 saturated heterocycles. The first kappa shape index (κ1) is 24.7. The molecule has 0 aliphatic heterocycles. The van der Waals surface area contributed by atoms with Gasteiger partial charge in [0.05, 0.1) is 5.60 Å². The van der Waals surface area contributed by atoms with E-state index >= 15 is 0 Å². The highest BCUT2D eigenvalue weighted by Gasteiger charge is 2.32. The van der Waals surface area contributed by atoms with Gasteiger partial charge >= 0.3 is 12.1 Å². The maximum Gasteiger partial charge on any atom is 0.407 e. The van der Waals surface area contributed by atoms with E-state index in [0.717, 1.165) is 35.1 Å².